The van der Waals surface area contributed by atoms with Crippen molar-refractivity contribution in [3.8, 4) is 0 Å². The third kappa shape index (κ3) is 1.53. The number of nitrogens with one attached hydrogen (secondary N) is 1. The average Bonchev–Trinajstić information content (AvgIpc) is 1.79. The summed E-state index contributed by atoms with van der Waals surface area (Å²) >= 11 is 5.66. The zero-order valence-corrected chi connectivity index (χ0v) is 8.16. The van der Waals surface area contributed by atoms with Crippen molar-refractivity contribution >= 4 is 11.6 Å². The summed E-state index contributed by atoms with van der Waals surface area (Å²) in [7, 11) is 0. The molecule has 0 unspecified atom stereocenters. The molecule has 0 amide bonds. The van der Waals surface area contributed by atoms with Crippen molar-refractivity contribution in [3.63, 3.8) is 0 Å². The first-order valence-electron chi connectivity index (χ1n) is 4.77. The molecule has 0 saturated heterocycles. The van der Waals surface area contributed by atoms with Crippen LogP contribution in [0.25, 0.3) is 0 Å². The summed E-state index contributed by atoms with van der Waals surface area (Å²) in [5, 5.41) is 4.14. The van der Waals surface area contributed by atoms with E-state index in [1.54, 1.807) is 0 Å². The van der Waals surface area contributed by atoms with Gasteiger partial charge in [-0.05, 0) is 31.1 Å². The maximum Gasteiger partial charge on any atom is 0.0310 e. The van der Waals surface area contributed by atoms with E-state index in [1.807, 2.05) is 0 Å². The molecule has 0 bridgehead atoms. The minimum atomic E-state index is 0.723. The van der Waals surface area contributed by atoms with Crippen LogP contribution in [0.1, 0.15) is 32.1 Å². The quantitative estimate of drug-likeness (QED) is 0.713. The Morgan fingerprint density at radius 2 is 2.17 bits per heavy atom. The molecule has 1 N–H and O–H groups in total. The lowest BCUT2D eigenvalue weighted by molar-refractivity contribution is -0.000771. The summed E-state index contributed by atoms with van der Waals surface area (Å²) in [4.78, 5) is 0. The molecule has 0 aliphatic heterocycles. The second kappa shape index (κ2) is 3.04. The highest BCUT2D eigenvalue weighted by Crippen LogP contribution is 2.55. The van der Waals surface area contributed by atoms with Crippen molar-refractivity contribution < 1.29 is 0 Å². The van der Waals surface area contributed by atoms with E-state index in [0.29, 0.717) is 0 Å². The Balaban J connectivity index is 1.64. The second-order valence-corrected chi connectivity index (χ2v) is 4.89. The summed E-state index contributed by atoms with van der Waals surface area (Å²) in [6.45, 7) is 4.44. The summed E-state index contributed by atoms with van der Waals surface area (Å²) < 4.78 is 0. The van der Waals surface area contributed by atoms with Gasteiger partial charge >= 0.3 is 0 Å². The number of hydrogen-bond acceptors (Lipinski definition) is 1. The molecule has 0 radical (unpaired) electrons. The second-order valence-electron chi connectivity index (χ2n) is 4.36. The van der Waals surface area contributed by atoms with E-state index in [1.165, 1.54) is 32.1 Å². The van der Waals surface area contributed by atoms with Crippen molar-refractivity contribution in [1.29, 1.82) is 0 Å². The van der Waals surface area contributed by atoms with Crippen LogP contribution >= 0.6 is 11.6 Å². The zero-order chi connectivity index (χ0) is 8.60. The van der Waals surface area contributed by atoms with Crippen LogP contribution in [-0.2, 0) is 0 Å². The molecule has 1 nitrogen and oxygen atoms in total. The molecular weight excluding hydrogens is 170 g/mol. The first-order valence-corrected chi connectivity index (χ1v) is 5.15. The van der Waals surface area contributed by atoms with Crippen LogP contribution in [0.15, 0.2) is 11.6 Å². The first kappa shape index (κ1) is 8.58. The minimum Gasteiger partial charge on any atom is -0.309 e. The minimum absolute atomic E-state index is 0.723. The van der Waals surface area contributed by atoms with Gasteiger partial charge in [0.05, 0.1) is 0 Å². The molecule has 0 aromatic heterocycles. The SMILES string of the molecule is C=C(Cl)CNC1CC2(CCC2)C1. The van der Waals surface area contributed by atoms with Crippen molar-refractivity contribution in [2.45, 2.75) is 38.1 Å². The topological polar surface area (TPSA) is 12.0 Å². The summed E-state index contributed by atoms with van der Waals surface area (Å²) in [5.74, 6) is 0. The molecule has 2 aliphatic carbocycles. The Kier molecular flexibility index (Phi) is 2.18. The van der Waals surface area contributed by atoms with Gasteiger partial charge in [-0.3, -0.25) is 0 Å². The fourth-order valence-electron chi connectivity index (χ4n) is 2.47. The van der Waals surface area contributed by atoms with Crippen LogP contribution in [0.2, 0.25) is 0 Å². The molecule has 0 atom stereocenters. The van der Waals surface area contributed by atoms with Crippen LogP contribution < -0.4 is 5.32 Å². The molecule has 12 heavy (non-hydrogen) atoms. The molecule has 0 aromatic carbocycles. The molecule has 2 aliphatic rings. The Morgan fingerprint density at radius 3 is 2.58 bits per heavy atom. The monoisotopic (exact) mass is 185 g/mol. The lowest BCUT2D eigenvalue weighted by atomic mass is 9.54. The largest absolute Gasteiger partial charge is 0.309 e. The van der Waals surface area contributed by atoms with Gasteiger partial charge in [-0.25, -0.2) is 0 Å². The third-order valence-corrected chi connectivity index (χ3v) is 3.49. The van der Waals surface area contributed by atoms with Gasteiger partial charge in [-0.2, -0.15) is 0 Å². The van der Waals surface area contributed by atoms with E-state index in [-0.39, 0.29) is 0 Å². The highest BCUT2D eigenvalue weighted by molar-refractivity contribution is 6.29. The van der Waals surface area contributed by atoms with Gasteiger partial charge in [0, 0.05) is 17.6 Å². The van der Waals surface area contributed by atoms with Gasteiger partial charge in [0.1, 0.15) is 0 Å². The van der Waals surface area contributed by atoms with Crippen molar-refractivity contribution in [1.82, 2.24) is 5.32 Å². The number of rotatable bonds is 3. The molecular formula is C10H16ClN. The molecule has 1 spiro atoms. The van der Waals surface area contributed by atoms with Crippen molar-refractivity contribution in [2.75, 3.05) is 6.54 Å². The van der Waals surface area contributed by atoms with E-state index < -0.39 is 0 Å². The predicted molar refractivity (Wildman–Crippen MR) is 52.3 cm³/mol. The average molecular weight is 186 g/mol. The lowest BCUT2D eigenvalue weighted by Gasteiger charge is -2.54. The standard InChI is InChI=1S/C10H16ClN/c1-8(11)7-12-9-5-10(6-9)3-2-4-10/h9,12H,1-7H2. The molecule has 0 aromatic rings. The molecule has 2 saturated carbocycles. The van der Waals surface area contributed by atoms with Gasteiger partial charge in [0.15, 0.2) is 0 Å². The normalized spacial score (nSPS) is 26.4. The van der Waals surface area contributed by atoms with Crippen LogP contribution in [0.5, 0.6) is 0 Å². The van der Waals surface area contributed by atoms with E-state index in [0.717, 1.165) is 23.0 Å². The van der Waals surface area contributed by atoms with E-state index in [9.17, 15) is 0 Å². The van der Waals surface area contributed by atoms with Crippen molar-refractivity contribution in [3.05, 3.63) is 11.6 Å². The smallest absolute Gasteiger partial charge is 0.0310 e. The summed E-state index contributed by atoms with van der Waals surface area (Å²) in [6, 6.07) is 0.723. The third-order valence-electron chi connectivity index (χ3n) is 3.36. The van der Waals surface area contributed by atoms with Crippen LogP contribution in [0, 0.1) is 5.41 Å². The van der Waals surface area contributed by atoms with E-state index in [2.05, 4.69) is 11.9 Å². The number of hydrogen-bond donors (Lipinski definition) is 1. The molecule has 2 fully saturated rings. The van der Waals surface area contributed by atoms with Gasteiger partial charge in [0.2, 0.25) is 0 Å². The van der Waals surface area contributed by atoms with Crippen LogP contribution in [-0.4, -0.2) is 12.6 Å². The maximum absolute atomic E-state index is 5.66. The fourth-order valence-corrected chi connectivity index (χ4v) is 2.55. The van der Waals surface area contributed by atoms with E-state index in [4.69, 9.17) is 11.6 Å². The molecule has 68 valence electrons. The highest BCUT2D eigenvalue weighted by Gasteiger charge is 2.47. The van der Waals surface area contributed by atoms with Gasteiger partial charge in [0.25, 0.3) is 0 Å². The predicted octanol–water partition coefficient (Wildman–Crippen LogP) is 2.66. The van der Waals surface area contributed by atoms with Crippen LogP contribution in [0.4, 0.5) is 0 Å². The highest BCUT2D eigenvalue weighted by atomic mass is 35.5. The van der Waals surface area contributed by atoms with E-state index >= 15 is 0 Å². The summed E-state index contributed by atoms with van der Waals surface area (Å²) in [6.07, 6.45) is 7.13. The van der Waals surface area contributed by atoms with Gasteiger partial charge < -0.3 is 5.32 Å². The van der Waals surface area contributed by atoms with Gasteiger partial charge in [-0.15, -0.1) is 0 Å². The first-order chi connectivity index (χ1) is 5.70. The Morgan fingerprint density at radius 1 is 1.50 bits per heavy atom. The maximum atomic E-state index is 5.66. The molecule has 2 heteroatoms. The van der Waals surface area contributed by atoms with Gasteiger partial charge in [-0.1, -0.05) is 24.6 Å². The van der Waals surface area contributed by atoms with Crippen LogP contribution in [0.3, 0.4) is 0 Å². The lowest BCUT2D eigenvalue weighted by Crippen LogP contribution is -2.52. The Hall–Kier alpha value is -0.0100. The summed E-state index contributed by atoms with van der Waals surface area (Å²) in [5.41, 5.74) is 0.769. The molecule has 0 heterocycles. The fraction of sp³-hybridized carbons (Fsp3) is 0.800. The number of halogens is 1. The molecule has 2 rings (SSSR count). The Bertz CT molecular complexity index is 188. The zero-order valence-electron chi connectivity index (χ0n) is 7.41. The Labute approximate surface area is 79.2 Å². The van der Waals surface area contributed by atoms with Crippen molar-refractivity contribution in [2.24, 2.45) is 5.41 Å².